The van der Waals surface area contributed by atoms with Gasteiger partial charge in [0.05, 0.1) is 26.8 Å². The molecule has 2 aromatic carbocycles. The minimum absolute atomic E-state index is 0. The molecule has 1 aliphatic heterocycles. The summed E-state index contributed by atoms with van der Waals surface area (Å²) in [5, 5.41) is 4.38. The largest absolute Gasteiger partial charge is 0.493 e. The number of thiazole rings is 1. The van der Waals surface area contributed by atoms with E-state index in [1.807, 2.05) is 6.07 Å². The molecule has 0 bridgehead atoms. The van der Waals surface area contributed by atoms with Gasteiger partial charge in [-0.05, 0) is 56.1 Å². The number of hydrogen-bond acceptors (Lipinski definition) is 8. The summed E-state index contributed by atoms with van der Waals surface area (Å²) in [5.41, 5.74) is 0.827. The standard InChI is InChI=1S/C24H30FN3O4S.2BrH/c1-29-20-14-19-23(22(31-3)21(20)30-2)33-24(27-19)26-15-16-8-10-28(11-9-16)12-13-32-18-6-4-17(25)5-7-18;;/h4-7,14,16H,8-13,15H2,1-3H3,(H,26,27);2*1H. The minimum atomic E-state index is -0.248. The molecule has 1 N–H and O–H groups in total. The van der Waals surface area contributed by atoms with Crippen molar-refractivity contribution in [3.63, 3.8) is 0 Å². The summed E-state index contributed by atoms with van der Waals surface area (Å²) in [4.78, 5) is 7.14. The maximum atomic E-state index is 13.0. The molecular formula is C24H32Br2FN3O4S. The summed E-state index contributed by atoms with van der Waals surface area (Å²) < 4.78 is 36.1. The highest BCUT2D eigenvalue weighted by atomic mass is 79.9. The molecule has 1 saturated heterocycles. The summed E-state index contributed by atoms with van der Waals surface area (Å²) in [7, 11) is 4.84. The van der Waals surface area contributed by atoms with Gasteiger partial charge in [-0.25, -0.2) is 9.37 Å². The lowest BCUT2D eigenvalue weighted by Gasteiger charge is -2.31. The van der Waals surface area contributed by atoms with Gasteiger partial charge in [-0.15, -0.1) is 34.0 Å². The van der Waals surface area contributed by atoms with E-state index in [-0.39, 0.29) is 39.8 Å². The fraction of sp³-hybridized carbons (Fsp3) is 0.458. The van der Waals surface area contributed by atoms with Gasteiger partial charge in [-0.1, -0.05) is 11.3 Å². The zero-order valence-corrected chi connectivity index (χ0v) is 24.3. The van der Waals surface area contributed by atoms with Crippen LogP contribution in [-0.2, 0) is 0 Å². The average Bonchev–Trinajstić information content (AvgIpc) is 3.26. The Hall–Kier alpha value is -1.82. The van der Waals surface area contributed by atoms with Gasteiger partial charge in [0.1, 0.15) is 22.9 Å². The maximum Gasteiger partial charge on any atom is 0.204 e. The molecule has 1 aliphatic rings. The van der Waals surface area contributed by atoms with Crippen LogP contribution in [0.1, 0.15) is 12.8 Å². The van der Waals surface area contributed by atoms with Crippen LogP contribution in [0.4, 0.5) is 9.52 Å². The number of anilines is 1. The van der Waals surface area contributed by atoms with Crippen LogP contribution >= 0.6 is 45.3 Å². The predicted molar refractivity (Wildman–Crippen MR) is 149 cm³/mol. The summed E-state index contributed by atoms with van der Waals surface area (Å²) in [6.45, 7) is 4.45. The zero-order chi connectivity index (χ0) is 23.2. The minimum Gasteiger partial charge on any atom is -0.493 e. The second-order valence-corrected chi connectivity index (χ2v) is 8.98. The molecule has 1 aromatic heterocycles. The van der Waals surface area contributed by atoms with Crippen molar-refractivity contribution in [1.82, 2.24) is 9.88 Å². The number of rotatable bonds is 10. The highest BCUT2D eigenvalue weighted by Gasteiger charge is 2.21. The quantitative estimate of drug-likeness (QED) is 0.301. The summed E-state index contributed by atoms with van der Waals surface area (Å²) in [5.74, 6) is 2.89. The number of nitrogens with one attached hydrogen (secondary N) is 1. The molecular weight excluding hydrogens is 605 g/mol. The van der Waals surface area contributed by atoms with Crippen molar-refractivity contribution in [3.8, 4) is 23.0 Å². The molecule has 0 atom stereocenters. The second-order valence-electron chi connectivity index (χ2n) is 7.98. The Morgan fingerprint density at radius 3 is 2.34 bits per heavy atom. The molecule has 0 unspecified atom stereocenters. The fourth-order valence-corrected chi connectivity index (χ4v) is 5.04. The Morgan fingerprint density at radius 1 is 1.03 bits per heavy atom. The second kappa shape index (κ2) is 14.1. The number of nitrogens with zero attached hydrogens (tertiary/aromatic N) is 2. The first-order valence-corrected chi connectivity index (χ1v) is 11.9. The Morgan fingerprint density at radius 2 is 1.71 bits per heavy atom. The van der Waals surface area contributed by atoms with E-state index >= 15 is 0 Å². The first-order chi connectivity index (χ1) is 16.1. The van der Waals surface area contributed by atoms with E-state index in [4.69, 9.17) is 23.9 Å². The van der Waals surface area contributed by atoms with Gasteiger partial charge in [-0.2, -0.15) is 0 Å². The van der Waals surface area contributed by atoms with Gasteiger partial charge < -0.3 is 24.3 Å². The molecule has 11 heteroatoms. The number of aromatic nitrogens is 1. The number of halogens is 3. The lowest BCUT2D eigenvalue weighted by molar-refractivity contribution is 0.158. The number of hydrogen-bond donors (Lipinski definition) is 1. The number of piperidine rings is 1. The summed E-state index contributed by atoms with van der Waals surface area (Å²) in [6, 6.07) is 8.05. The van der Waals surface area contributed by atoms with Crippen molar-refractivity contribution in [3.05, 3.63) is 36.1 Å². The maximum absolute atomic E-state index is 13.0. The van der Waals surface area contributed by atoms with Crippen LogP contribution in [-0.4, -0.2) is 64.0 Å². The van der Waals surface area contributed by atoms with Crippen LogP contribution < -0.4 is 24.3 Å². The number of methoxy groups -OCH3 is 3. The molecule has 194 valence electrons. The van der Waals surface area contributed by atoms with Crippen LogP contribution in [0.5, 0.6) is 23.0 Å². The van der Waals surface area contributed by atoms with Crippen LogP contribution in [0.15, 0.2) is 30.3 Å². The van der Waals surface area contributed by atoms with E-state index in [0.717, 1.165) is 54.4 Å². The molecule has 7 nitrogen and oxygen atoms in total. The van der Waals surface area contributed by atoms with Crippen molar-refractivity contribution >= 4 is 60.6 Å². The van der Waals surface area contributed by atoms with Gasteiger partial charge in [0.25, 0.3) is 0 Å². The van der Waals surface area contributed by atoms with Crippen molar-refractivity contribution < 1.29 is 23.3 Å². The van der Waals surface area contributed by atoms with E-state index in [1.165, 1.54) is 12.1 Å². The van der Waals surface area contributed by atoms with Crippen LogP contribution in [0, 0.1) is 11.7 Å². The molecule has 4 rings (SSSR count). The van der Waals surface area contributed by atoms with Crippen molar-refractivity contribution in [2.75, 3.05) is 59.4 Å². The molecule has 1 fully saturated rings. The van der Waals surface area contributed by atoms with Crippen molar-refractivity contribution in [2.24, 2.45) is 5.92 Å². The van der Waals surface area contributed by atoms with Gasteiger partial charge in [0, 0.05) is 19.2 Å². The van der Waals surface area contributed by atoms with Crippen molar-refractivity contribution in [1.29, 1.82) is 0 Å². The summed E-state index contributed by atoms with van der Waals surface area (Å²) >= 11 is 1.56. The van der Waals surface area contributed by atoms with Gasteiger partial charge >= 0.3 is 0 Å². The molecule has 0 amide bonds. The zero-order valence-electron chi connectivity index (χ0n) is 20.0. The number of benzene rings is 2. The smallest absolute Gasteiger partial charge is 0.204 e. The normalized spacial score (nSPS) is 14.1. The van der Waals surface area contributed by atoms with Gasteiger partial charge in [0.2, 0.25) is 5.75 Å². The number of likely N-dealkylation sites (tertiary alicyclic amines) is 1. The van der Waals surface area contributed by atoms with E-state index in [2.05, 4.69) is 10.2 Å². The average molecular weight is 637 g/mol. The first-order valence-electron chi connectivity index (χ1n) is 11.1. The van der Waals surface area contributed by atoms with E-state index < -0.39 is 0 Å². The van der Waals surface area contributed by atoms with Crippen LogP contribution in [0.25, 0.3) is 10.2 Å². The molecule has 35 heavy (non-hydrogen) atoms. The lowest BCUT2D eigenvalue weighted by Crippen LogP contribution is -2.38. The highest BCUT2D eigenvalue weighted by molar-refractivity contribution is 8.93. The molecule has 0 spiro atoms. The third-order valence-electron chi connectivity index (χ3n) is 5.92. The lowest BCUT2D eigenvalue weighted by atomic mass is 9.97. The van der Waals surface area contributed by atoms with Crippen LogP contribution in [0.2, 0.25) is 0 Å². The third-order valence-corrected chi connectivity index (χ3v) is 6.95. The Balaban J connectivity index is 0.00000216. The Labute approximate surface area is 230 Å². The molecule has 0 radical (unpaired) electrons. The Kier molecular flexibility index (Phi) is 11.8. The monoisotopic (exact) mass is 635 g/mol. The Bertz CT molecular complexity index is 1060. The molecule has 2 heterocycles. The third kappa shape index (κ3) is 7.34. The van der Waals surface area contributed by atoms with E-state index in [0.29, 0.717) is 35.5 Å². The summed E-state index contributed by atoms with van der Waals surface area (Å²) in [6.07, 6.45) is 2.25. The predicted octanol–water partition coefficient (Wildman–Crippen LogP) is 5.82. The molecule has 0 aliphatic carbocycles. The number of ether oxygens (including phenoxy) is 4. The van der Waals surface area contributed by atoms with E-state index in [9.17, 15) is 4.39 Å². The highest BCUT2D eigenvalue weighted by Crippen LogP contribution is 2.46. The van der Waals surface area contributed by atoms with Crippen LogP contribution in [0.3, 0.4) is 0 Å². The van der Waals surface area contributed by atoms with Gasteiger partial charge in [0.15, 0.2) is 16.6 Å². The fourth-order valence-electron chi connectivity index (χ4n) is 4.07. The molecule has 3 aromatic rings. The number of fused-ring (bicyclic) bond motifs is 1. The van der Waals surface area contributed by atoms with E-state index in [1.54, 1.807) is 44.8 Å². The molecule has 0 saturated carbocycles. The topological polar surface area (TPSA) is 65.1 Å². The SMILES string of the molecule is Br.Br.COc1cc2nc(NCC3CCN(CCOc4ccc(F)cc4)CC3)sc2c(OC)c1OC. The van der Waals surface area contributed by atoms with Gasteiger partial charge in [-0.3, -0.25) is 4.90 Å². The first kappa shape index (κ1) is 29.4. The van der Waals surface area contributed by atoms with Crippen molar-refractivity contribution in [2.45, 2.75) is 12.8 Å².